The van der Waals surface area contributed by atoms with Crippen LogP contribution in [0.2, 0.25) is 0 Å². The predicted octanol–water partition coefficient (Wildman–Crippen LogP) is 1.31. The van der Waals surface area contributed by atoms with Gasteiger partial charge in [-0.15, -0.1) is 0 Å². The minimum atomic E-state index is 0.0325. The number of benzene rings is 1. The number of amidine groups is 1. The highest BCUT2D eigenvalue weighted by Gasteiger charge is 2.00. The zero-order valence-electron chi connectivity index (χ0n) is 9.57. The van der Waals surface area contributed by atoms with Gasteiger partial charge in [-0.2, -0.15) is 5.10 Å². The minimum absolute atomic E-state index is 0.0325. The molecule has 0 saturated heterocycles. The molecule has 4 nitrogen and oxygen atoms in total. The molecule has 0 bridgehead atoms. The molecule has 1 unspecified atom stereocenters. The summed E-state index contributed by atoms with van der Waals surface area (Å²) < 4.78 is 0. The van der Waals surface area contributed by atoms with Crippen molar-refractivity contribution in [3.63, 3.8) is 0 Å². The molecule has 0 amide bonds. The van der Waals surface area contributed by atoms with Crippen molar-refractivity contribution in [1.82, 2.24) is 0 Å². The summed E-state index contributed by atoms with van der Waals surface area (Å²) in [7, 11) is 0. The number of hydrogen-bond acceptors (Lipinski definition) is 3. The maximum absolute atomic E-state index is 5.69. The highest BCUT2D eigenvalue weighted by Crippen LogP contribution is 2.10. The first-order valence-electron chi connectivity index (χ1n) is 5.04. The molecule has 0 fully saturated rings. The van der Waals surface area contributed by atoms with Crippen LogP contribution < -0.4 is 17.3 Å². The third-order valence-electron chi connectivity index (χ3n) is 1.87. The van der Waals surface area contributed by atoms with Gasteiger partial charge >= 0.3 is 0 Å². The summed E-state index contributed by atoms with van der Waals surface area (Å²) in [6.45, 7) is 5.93. The second-order valence-corrected chi connectivity index (χ2v) is 2.93. The fourth-order valence-corrected chi connectivity index (χ4v) is 1.03. The summed E-state index contributed by atoms with van der Waals surface area (Å²) in [4.78, 5) is 0. The van der Waals surface area contributed by atoms with Gasteiger partial charge < -0.3 is 17.3 Å². The SMILES string of the molecule is CC.CC(N)c1ccc(/C(N)=N/N)cc1. The van der Waals surface area contributed by atoms with Crippen LogP contribution in [-0.4, -0.2) is 5.84 Å². The van der Waals surface area contributed by atoms with Crippen molar-refractivity contribution in [3.05, 3.63) is 35.4 Å². The number of nitrogens with two attached hydrogens (primary N) is 3. The monoisotopic (exact) mass is 208 g/mol. The van der Waals surface area contributed by atoms with Crippen molar-refractivity contribution in [2.75, 3.05) is 0 Å². The number of hydrogen-bond donors (Lipinski definition) is 3. The molecule has 15 heavy (non-hydrogen) atoms. The Balaban J connectivity index is 0.000000921. The lowest BCUT2D eigenvalue weighted by atomic mass is 10.1. The standard InChI is InChI=1S/C9H14N4.C2H6/c1-6(10)7-2-4-8(5-3-7)9(11)13-12;1-2/h2-6H,10,12H2,1H3,(H2,11,13);1-2H3. The van der Waals surface area contributed by atoms with Crippen LogP contribution in [0.1, 0.15) is 37.9 Å². The Morgan fingerprint density at radius 2 is 1.67 bits per heavy atom. The fourth-order valence-electron chi connectivity index (χ4n) is 1.03. The molecule has 1 aromatic rings. The minimum Gasteiger partial charge on any atom is -0.382 e. The van der Waals surface area contributed by atoms with Gasteiger partial charge in [0.05, 0.1) is 0 Å². The molecule has 0 aliphatic rings. The van der Waals surface area contributed by atoms with Gasteiger partial charge in [0.25, 0.3) is 0 Å². The van der Waals surface area contributed by atoms with Crippen molar-refractivity contribution < 1.29 is 0 Å². The average Bonchev–Trinajstić information content (AvgIpc) is 2.31. The summed E-state index contributed by atoms with van der Waals surface area (Å²) in [5.41, 5.74) is 13.1. The van der Waals surface area contributed by atoms with Gasteiger partial charge in [-0.05, 0) is 12.5 Å². The number of rotatable bonds is 2. The summed E-state index contributed by atoms with van der Waals surface area (Å²) in [6.07, 6.45) is 0. The third kappa shape index (κ3) is 3.99. The van der Waals surface area contributed by atoms with E-state index in [2.05, 4.69) is 5.10 Å². The van der Waals surface area contributed by atoms with Gasteiger partial charge in [-0.3, -0.25) is 0 Å². The maximum atomic E-state index is 5.69. The summed E-state index contributed by atoms with van der Waals surface area (Å²) >= 11 is 0. The molecule has 0 aliphatic carbocycles. The summed E-state index contributed by atoms with van der Waals surface area (Å²) in [5.74, 6) is 5.37. The number of hydrazone groups is 1. The number of nitrogens with zero attached hydrogens (tertiary/aromatic N) is 1. The Morgan fingerprint density at radius 1 is 1.20 bits per heavy atom. The summed E-state index contributed by atoms with van der Waals surface area (Å²) in [5, 5.41) is 3.40. The van der Waals surface area contributed by atoms with Gasteiger partial charge in [-0.1, -0.05) is 38.1 Å². The molecule has 0 aliphatic heterocycles. The summed E-state index contributed by atoms with van der Waals surface area (Å²) in [6, 6.07) is 7.57. The molecule has 0 heterocycles. The Morgan fingerprint density at radius 3 is 2.00 bits per heavy atom. The van der Waals surface area contributed by atoms with E-state index in [1.54, 1.807) is 0 Å². The van der Waals surface area contributed by atoms with Crippen LogP contribution in [0.15, 0.2) is 29.4 Å². The zero-order valence-corrected chi connectivity index (χ0v) is 9.57. The van der Waals surface area contributed by atoms with Gasteiger partial charge in [0.2, 0.25) is 0 Å². The Labute approximate surface area is 91.1 Å². The van der Waals surface area contributed by atoms with E-state index in [9.17, 15) is 0 Å². The molecule has 1 aromatic carbocycles. The van der Waals surface area contributed by atoms with Crippen molar-refractivity contribution >= 4 is 5.84 Å². The first-order chi connectivity index (χ1) is 7.15. The van der Waals surface area contributed by atoms with Crippen molar-refractivity contribution in [2.24, 2.45) is 22.4 Å². The molecule has 6 N–H and O–H groups in total. The molecule has 84 valence electrons. The highest BCUT2D eigenvalue weighted by molar-refractivity contribution is 5.97. The maximum Gasteiger partial charge on any atom is 0.150 e. The van der Waals surface area contributed by atoms with E-state index in [-0.39, 0.29) is 6.04 Å². The molecule has 0 radical (unpaired) electrons. The molecular formula is C11H20N4. The third-order valence-corrected chi connectivity index (χ3v) is 1.87. The van der Waals surface area contributed by atoms with Gasteiger partial charge in [0.1, 0.15) is 5.84 Å². The Bertz CT molecular complexity index is 301. The second kappa shape index (κ2) is 6.84. The van der Waals surface area contributed by atoms with E-state index in [4.69, 9.17) is 17.3 Å². The second-order valence-electron chi connectivity index (χ2n) is 2.93. The van der Waals surface area contributed by atoms with E-state index in [1.165, 1.54) is 0 Å². The topological polar surface area (TPSA) is 90.4 Å². The first kappa shape index (κ1) is 13.4. The lowest BCUT2D eigenvalue weighted by molar-refractivity contribution is 0.818. The van der Waals surface area contributed by atoms with E-state index in [0.717, 1.165) is 11.1 Å². The van der Waals surface area contributed by atoms with Crippen LogP contribution in [0, 0.1) is 0 Å². The van der Waals surface area contributed by atoms with E-state index in [0.29, 0.717) is 5.84 Å². The predicted molar refractivity (Wildman–Crippen MR) is 65.3 cm³/mol. The van der Waals surface area contributed by atoms with E-state index < -0.39 is 0 Å². The molecule has 1 rings (SSSR count). The molecule has 1 atom stereocenters. The van der Waals surface area contributed by atoms with Crippen LogP contribution in [0.25, 0.3) is 0 Å². The highest BCUT2D eigenvalue weighted by atomic mass is 15.1. The van der Waals surface area contributed by atoms with E-state index in [1.807, 2.05) is 45.0 Å². The smallest absolute Gasteiger partial charge is 0.150 e. The van der Waals surface area contributed by atoms with Crippen molar-refractivity contribution in [2.45, 2.75) is 26.8 Å². The molecule has 0 spiro atoms. The molecule has 0 aromatic heterocycles. The van der Waals surface area contributed by atoms with E-state index >= 15 is 0 Å². The van der Waals surface area contributed by atoms with Crippen molar-refractivity contribution in [1.29, 1.82) is 0 Å². The largest absolute Gasteiger partial charge is 0.382 e. The van der Waals surface area contributed by atoms with Gasteiger partial charge in [0.15, 0.2) is 0 Å². The van der Waals surface area contributed by atoms with Crippen LogP contribution in [0.4, 0.5) is 0 Å². The van der Waals surface area contributed by atoms with Gasteiger partial charge in [-0.25, -0.2) is 0 Å². The van der Waals surface area contributed by atoms with Crippen LogP contribution in [0.5, 0.6) is 0 Å². The Hall–Kier alpha value is -1.55. The lowest BCUT2D eigenvalue weighted by Crippen LogP contribution is -2.15. The van der Waals surface area contributed by atoms with Crippen LogP contribution in [0.3, 0.4) is 0 Å². The van der Waals surface area contributed by atoms with Crippen LogP contribution >= 0.6 is 0 Å². The fraction of sp³-hybridized carbons (Fsp3) is 0.364. The zero-order chi connectivity index (χ0) is 11.8. The molecular weight excluding hydrogens is 188 g/mol. The quantitative estimate of drug-likeness (QED) is 0.296. The normalized spacial score (nSPS) is 12.7. The lowest BCUT2D eigenvalue weighted by Gasteiger charge is -2.05. The molecule has 0 saturated carbocycles. The Kier molecular flexibility index (Phi) is 6.13. The van der Waals surface area contributed by atoms with Gasteiger partial charge in [0, 0.05) is 11.6 Å². The average molecular weight is 208 g/mol. The van der Waals surface area contributed by atoms with Crippen LogP contribution in [-0.2, 0) is 0 Å². The first-order valence-corrected chi connectivity index (χ1v) is 5.04. The molecule has 4 heteroatoms. The van der Waals surface area contributed by atoms with Crippen molar-refractivity contribution in [3.8, 4) is 0 Å².